The van der Waals surface area contributed by atoms with Gasteiger partial charge in [-0.1, -0.05) is 0 Å². The van der Waals surface area contributed by atoms with Crippen molar-refractivity contribution in [1.29, 1.82) is 0 Å². The molecule has 0 aromatic carbocycles. The molecule has 2 aromatic rings. The minimum atomic E-state index is 0.0730. The van der Waals surface area contributed by atoms with Crippen molar-refractivity contribution in [2.24, 2.45) is 0 Å². The number of aryl methyl sites for hydroxylation is 1. The third kappa shape index (κ3) is 2.88. The number of ketones is 1. The Labute approximate surface area is 103 Å². The molecule has 4 nitrogen and oxygen atoms in total. The van der Waals surface area contributed by atoms with Crippen molar-refractivity contribution in [2.75, 3.05) is 7.11 Å². The van der Waals surface area contributed by atoms with Crippen molar-refractivity contribution in [3.63, 3.8) is 0 Å². The van der Waals surface area contributed by atoms with Crippen molar-refractivity contribution >= 4 is 17.1 Å². The number of carbonyl (C=O) groups is 1. The zero-order chi connectivity index (χ0) is 12.3. The summed E-state index contributed by atoms with van der Waals surface area (Å²) in [5.41, 5.74) is 0.674. The third-order valence-corrected chi connectivity index (χ3v) is 3.31. The van der Waals surface area contributed by atoms with E-state index < -0.39 is 0 Å². The fourth-order valence-electron chi connectivity index (χ4n) is 1.42. The minimum Gasteiger partial charge on any atom is -0.481 e. The van der Waals surface area contributed by atoms with E-state index in [0.29, 0.717) is 11.6 Å². The number of rotatable bonds is 4. The zero-order valence-electron chi connectivity index (χ0n) is 9.64. The predicted molar refractivity (Wildman–Crippen MR) is 65.7 cm³/mol. The van der Waals surface area contributed by atoms with Crippen LogP contribution in [-0.2, 0) is 6.42 Å². The molecule has 88 valence electrons. The van der Waals surface area contributed by atoms with Crippen LogP contribution in [0.5, 0.6) is 5.88 Å². The second-order valence-electron chi connectivity index (χ2n) is 3.56. The number of Topliss-reactive ketones (excluding diaryl/α,β-unsaturated/α-hetero) is 1. The molecule has 0 radical (unpaired) electrons. The number of methoxy groups -OCH3 is 1. The molecule has 0 spiro atoms. The molecule has 0 bridgehead atoms. The van der Waals surface area contributed by atoms with Crippen LogP contribution in [0.25, 0.3) is 0 Å². The van der Waals surface area contributed by atoms with Gasteiger partial charge < -0.3 is 4.74 Å². The van der Waals surface area contributed by atoms with E-state index >= 15 is 0 Å². The highest BCUT2D eigenvalue weighted by Crippen LogP contribution is 2.17. The first kappa shape index (κ1) is 11.7. The topological polar surface area (TPSA) is 52.1 Å². The second kappa shape index (κ2) is 5.05. The number of thiophene rings is 1. The van der Waals surface area contributed by atoms with Crippen molar-refractivity contribution in [1.82, 2.24) is 9.97 Å². The highest BCUT2D eigenvalue weighted by molar-refractivity contribution is 7.14. The highest BCUT2D eigenvalue weighted by atomic mass is 32.1. The summed E-state index contributed by atoms with van der Waals surface area (Å²) >= 11 is 1.50. The van der Waals surface area contributed by atoms with Gasteiger partial charge in [0.25, 0.3) is 0 Å². The molecular formula is C12H12N2O2S. The maximum atomic E-state index is 11.9. The Bertz CT molecular complexity index is 537. The second-order valence-corrected chi connectivity index (χ2v) is 4.85. The minimum absolute atomic E-state index is 0.0730. The smallest absolute Gasteiger partial charge is 0.216 e. The van der Waals surface area contributed by atoms with Gasteiger partial charge in [0.05, 0.1) is 24.1 Å². The highest BCUT2D eigenvalue weighted by Gasteiger charge is 2.10. The van der Waals surface area contributed by atoms with E-state index in [-0.39, 0.29) is 12.2 Å². The Morgan fingerprint density at radius 3 is 2.88 bits per heavy atom. The lowest BCUT2D eigenvalue weighted by Crippen LogP contribution is -2.04. The number of hydrogen-bond donors (Lipinski definition) is 0. The number of nitrogens with zero attached hydrogens (tertiary/aromatic N) is 2. The largest absolute Gasteiger partial charge is 0.481 e. The summed E-state index contributed by atoms with van der Waals surface area (Å²) in [7, 11) is 1.54. The first-order valence-corrected chi connectivity index (χ1v) is 5.95. The molecule has 2 rings (SSSR count). The Morgan fingerprint density at radius 2 is 2.24 bits per heavy atom. The molecule has 2 aromatic heterocycles. The summed E-state index contributed by atoms with van der Waals surface area (Å²) in [6, 6.07) is 5.47. The van der Waals surface area contributed by atoms with Crippen molar-refractivity contribution in [3.8, 4) is 5.88 Å². The average Bonchev–Trinajstić information content (AvgIpc) is 2.76. The van der Waals surface area contributed by atoms with Gasteiger partial charge in [-0.3, -0.25) is 4.79 Å². The molecule has 0 saturated heterocycles. The molecule has 0 unspecified atom stereocenters. The summed E-state index contributed by atoms with van der Waals surface area (Å²) in [5, 5.41) is 0. The molecule has 0 amide bonds. The summed E-state index contributed by atoms with van der Waals surface area (Å²) in [5.74, 6) is 0.550. The van der Waals surface area contributed by atoms with Crippen LogP contribution in [0.4, 0.5) is 0 Å². The van der Waals surface area contributed by atoms with Crippen LogP contribution in [0.2, 0.25) is 0 Å². The Hall–Kier alpha value is -1.75. The Kier molecular flexibility index (Phi) is 3.49. The third-order valence-electron chi connectivity index (χ3n) is 2.26. The molecular weight excluding hydrogens is 236 g/mol. The monoisotopic (exact) mass is 248 g/mol. The molecule has 0 aliphatic rings. The first-order chi connectivity index (χ1) is 8.19. The summed E-state index contributed by atoms with van der Waals surface area (Å²) < 4.78 is 4.99. The first-order valence-electron chi connectivity index (χ1n) is 5.13. The molecule has 0 atom stereocenters. The van der Waals surface area contributed by atoms with Crippen LogP contribution in [0.3, 0.4) is 0 Å². The lowest BCUT2D eigenvalue weighted by Gasteiger charge is -2.01. The number of hydrogen-bond acceptors (Lipinski definition) is 5. The van der Waals surface area contributed by atoms with Crippen LogP contribution in [0, 0.1) is 6.92 Å². The van der Waals surface area contributed by atoms with Crippen LogP contribution in [0.15, 0.2) is 24.5 Å². The maximum Gasteiger partial charge on any atom is 0.216 e. The quantitative estimate of drug-likeness (QED) is 0.779. The van der Waals surface area contributed by atoms with Gasteiger partial charge in [-0.25, -0.2) is 9.97 Å². The average molecular weight is 248 g/mol. The normalized spacial score (nSPS) is 10.2. The van der Waals surface area contributed by atoms with Gasteiger partial charge in [-0.05, 0) is 19.1 Å². The Balaban J connectivity index is 2.12. The van der Waals surface area contributed by atoms with Crippen molar-refractivity contribution < 1.29 is 9.53 Å². The van der Waals surface area contributed by atoms with Crippen molar-refractivity contribution in [3.05, 3.63) is 40.0 Å². The maximum absolute atomic E-state index is 11.9. The van der Waals surface area contributed by atoms with E-state index in [1.807, 2.05) is 19.1 Å². The number of aromatic nitrogens is 2. The SMILES string of the molecule is COc1cc(CC(=O)c2ccc(C)s2)ncn1. The van der Waals surface area contributed by atoms with E-state index in [9.17, 15) is 4.79 Å². The molecule has 0 fully saturated rings. The molecule has 0 aliphatic carbocycles. The molecule has 0 saturated carbocycles. The molecule has 2 heterocycles. The summed E-state index contributed by atoms with van der Waals surface area (Å²) in [6.45, 7) is 1.98. The van der Waals surface area contributed by atoms with E-state index in [4.69, 9.17) is 4.74 Å². The van der Waals surface area contributed by atoms with Crippen LogP contribution in [-0.4, -0.2) is 22.9 Å². The molecule has 5 heteroatoms. The van der Waals surface area contributed by atoms with Crippen LogP contribution < -0.4 is 4.74 Å². The lowest BCUT2D eigenvalue weighted by atomic mass is 10.2. The fraction of sp³-hybridized carbons (Fsp3) is 0.250. The van der Waals surface area contributed by atoms with Gasteiger partial charge in [0.15, 0.2) is 5.78 Å². The van der Waals surface area contributed by atoms with Crippen molar-refractivity contribution in [2.45, 2.75) is 13.3 Å². The predicted octanol–water partition coefficient (Wildman–Crippen LogP) is 2.28. The fourth-order valence-corrected chi connectivity index (χ4v) is 2.23. The standard InChI is InChI=1S/C12H12N2O2S/c1-8-3-4-11(17-8)10(15)5-9-6-12(16-2)14-7-13-9/h3-4,6-7H,5H2,1-2H3. The molecule has 17 heavy (non-hydrogen) atoms. The van der Waals surface area contributed by atoms with Crippen LogP contribution in [0.1, 0.15) is 20.2 Å². The van der Waals surface area contributed by atoms with Gasteiger partial charge in [-0.2, -0.15) is 0 Å². The lowest BCUT2D eigenvalue weighted by molar-refractivity contribution is 0.0995. The van der Waals surface area contributed by atoms with Crippen LogP contribution >= 0.6 is 11.3 Å². The van der Waals surface area contributed by atoms with Gasteiger partial charge >= 0.3 is 0 Å². The zero-order valence-corrected chi connectivity index (χ0v) is 10.5. The van der Waals surface area contributed by atoms with E-state index in [0.717, 1.165) is 9.75 Å². The van der Waals surface area contributed by atoms with E-state index in [1.165, 1.54) is 24.8 Å². The van der Waals surface area contributed by atoms with Gasteiger partial charge in [0, 0.05) is 10.9 Å². The molecule has 0 aliphatic heterocycles. The van der Waals surface area contributed by atoms with E-state index in [2.05, 4.69) is 9.97 Å². The number of ether oxygens (including phenoxy) is 1. The number of carbonyl (C=O) groups excluding carboxylic acids is 1. The van der Waals surface area contributed by atoms with E-state index in [1.54, 1.807) is 6.07 Å². The van der Waals surface area contributed by atoms with Gasteiger partial charge in [0.2, 0.25) is 5.88 Å². The Morgan fingerprint density at radius 1 is 1.41 bits per heavy atom. The summed E-state index contributed by atoms with van der Waals surface area (Å²) in [6.07, 6.45) is 1.68. The van der Waals surface area contributed by atoms with Gasteiger partial charge in [0.1, 0.15) is 6.33 Å². The van der Waals surface area contributed by atoms with Gasteiger partial charge in [-0.15, -0.1) is 11.3 Å². The summed E-state index contributed by atoms with van der Waals surface area (Å²) in [4.78, 5) is 21.8. The molecule has 0 N–H and O–H groups in total.